The van der Waals surface area contributed by atoms with Gasteiger partial charge >= 0.3 is 0 Å². The molecule has 148 valence electrons. The number of hydrogen-bond acceptors (Lipinski definition) is 5. The highest BCUT2D eigenvalue weighted by atomic mass is 35.5. The van der Waals surface area contributed by atoms with Gasteiger partial charge in [-0.25, -0.2) is 0 Å². The van der Waals surface area contributed by atoms with E-state index in [0.717, 1.165) is 40.3 Å². The third-order valence-electron chi connectivity index (χ3n) is 4.13. The van der Waals surface area contributed by atoms with Crippen LogP contribution in [0.2, 0.25) is 10.0 Å². The molecule has 0 N–H and O–H groups in total. The number of nitrogens with zero attached hydrogens (tertiary/aromatic N) is 3. The van der Waals surface area contributed by atoms with E-state index in [1.165, 1.54) is 0 Å². The van der Waals surface area contributed by atoms with E-state index in [-0.39, 0.29) is 6.10 Å². The molecule has 0 saturated heterocycles. The number of aromatic nitrogens is 3. The van der Waals surface area contributed by atoms with E-state index < -0.39 is 0 Å². The molecular formula is C20H21Cl2N3O2S. The van der Waals surface area contributed by atoms with Gasteiger partial charge in [0.2, 0.25) is 0 Å². The molecule has 1 heterocycles. The Balaban J connectivity index is 1.72. The number of halogens is 2. The molecule has 0 aliphatic rings. The van der Waals surface area contributed by atoms with Gasteiger partial charge in [-0.1, -0.05) is 47.1 Å². The van der Waals surface area contributed by atoms with Crippen LogP contribution in [0.15, 0.2) is 47.6 Å². The molecule has 0 spiro atoms. The Morgan fingerprint density at radius 3 is 2.57 bits per heavy atom. The van der Waals surface area contributed by atoms with Crippen LogP contribution in [0.3, 0.4) is 0 Å². The molecule has 0 aliphatic carbocycles. The lowest BCUT2D eigenvalue weighted by atomic mass is 10.2. The molecule has 0 fully saturated rings. The van der Waals surface area contributed by atoms with Gasteiger partial charge < -0.3 is 14.0 Å². The molecule has 0 bridgehead atoms. The van der Waals surface area contributed by atoms with Crippen molar-refractivity contribution in [3.63, 3.8) is 0 Å². The van der Waals surface area contributed by atoms with Crippen LogP contribution in [0.4, 0.5) is 0 Å². The topological polar surface area (TPSA) is 49.2 Å². The van der Waals surface area contributed by atoms with E-state index in [9.17, 15) is 0 Å². The number of ether oxygens (including phenoxy) is 2. The second-order valence-corrected chi connectivity index (χ2v) is 7.82. The largest absolute Gasteiger partial charge is 0.497 e. The summed E-state index contributed by atoms with van der Waals surface area (Å²) in [5, 5.41) is 10.7. The Kier molecular flexibility index (Phi) is 7.10. The second kappa shape index (κ2) is 9.54. The van der Waals surface area contributed by atoms with Gasteiger partial charge in [0.15, 0.2) is 17.1 Å². The van der Waals surface area contributed by atoms with Crippen LogP contribution in [-0.2, 0) is 12.3 Å². The Bertz CT molecular complexity index is 949. The molecule has 0 aliphatic heterocycles. The highest BCUT2D eigenvalue weighted by Crippen LogP contribution is 2.29. The van der Waals surface area contributed by atoms with Crippen molar-refractivity contribution in [2.45, 2.75) is 37.4 Å². The van der Waals surface area contributed by atoms with Gasteiger partial charge in [0.05, 0.1) is 17.2 Å². The van der Waals surface area contributed by atoms with Gasteiger partial charge in [-0.2, -0.15) is 0 Å². The number of methoxy groups -OCH3 is 1. The van der Waals surface area contributed by atoms with Crippen molar-refractivity contribution in [2.75, 3.05) is 7.11 Å². The number of hydrogen-bond donors (Lipinski definition) is 0. The summed E-state index contributed by atoms with van der Waals surface area (Å²) in [5.74, 6) is 2.98. The van der Waals surface area contributed by atoms with E-state index >= 15 is 0 Å². The van der Waals surface area contributed by atoms with Gasteiger partial charge in [-0.15, -0.1) is 10.2 Å². The number of thioether (sulfide) groups is 1. The van der Waals surface area contributed by atoms with Crippen LogP contribution in [0.5, 0.6) is 11.5 Å². The molecule has 1 aromatic heterocycles. The zero-order valence-electron chi connectivity index (χ0n) is 15.9. The molecule has 28 heavy (non-hydrogen) atoms. The maximum Gasteiger partial charge on any atom is 0.191 e. The molecule has 5 nitrogen and oxygen atoms in total. The standard InChI is InChI=1S/C20H21Cl2N3O2S/c1-4-25-19(13(2)27-16-7-5-6-15(11-16)26-3)23-24-20(25)28-12-14-8-9-17(21)18(22)10-14/h5-11,13H,4,12H2,1-3H3. The third-order valence-corrected chi connectivity index (χ3v) is 5.91. The molecule has 8 heteroatoms. The molecule has 0 saturated carbocycles. The quantitative estimate of drug-likeness (QED) is 0.401. The first-order valence-corrected chi connectivity index (χ1v) is 10.6. The summed E-state index contributed by atoms with van der Waals surface area (Å²) in [5.41, 5.74) is 1.08. The SMILES string of the molecule is CCn1c(SCc2ccc(Cl)c(Cl)c2)nnc1C(C)Oc1cccc(OC)c1. The van der Waals surface area contributed by atoms with Crippen molar-refractivity contribution in [2.24, 2.45) is 0 Å². The lowest BCUT2D eigenvalue weighted by Crippen LogP contribution is -2.12. The molecule has 0 radical (unpaired) electrons. The van der Waals surface area contributed by atoms with Crippen LogP contribution in [0, 0.1) is 0 Å². The minimum absolute atomic E-state index is 0.251. The van der Waals surface area contributed by atoms with Crippen LogP contribution < -0.4 is 9.47 Å². The first-order chi connectivity index (χ1) is 13.5. The Morgan fingerprint density at radius 1 is 1.07 bits per heavy atom. The van der Waals surface area contributed by atoms with Gasteiger partial charge in [0.1, 0.15) is 11.5 Å². The maximum atomic E-state index is 6.10. The molecule has 2 aromatic carbocycles. The minimum atomic E-state index is -0.251. The zero-order valence-corrected chi connectivity index (χ0v) is 18.2. The van der Waals surface area contributed by atoms with E-state index in [2.05, 4.69) is 21.7 Å². The van der Waals surface area contributed by atoms with Crippen molar-refractivity contribution < 1.29 is 9.47 Å². The molecule has 3 aromatic rings. The molecular weight excluding hydrogens is 417 g/mol. The third kappa shape index (κ3) is 4.93. The first kappa shape index (κ1) is 20.8. The van der Waals surface area contributed by atoms with Crippen LogP contribution >= 0.6 is 35.0 Å². The van der Waals surface area contributed by atoms with Crippen LogP contribution in [0.1, 0.15) is 31.3 Å². The van der Waals surface area contributed by atoms with Gasteiger partial charge in [0, 0.05) is 18.4 Å². The molecule has 1 unspecified atom stereocenters. The van der Waals surface area contributed by atoms with E-state index in [4.69, 9.17) is 32.7 Å². The molecule has 0 amide bonds. The highest BCUT2D eigenvalue weighted by molar-refractivity contribution is 7.98. The number of benzene rings is 2. The summed E-state index contributed by atoms with van der Waals surface area (Å²) in [6.07, 6.45) is -0.251. The van der Waals surface area contributed by atoms with Gasteiger partial charge in [-0.3, -0.25) is 0 Å². The molecule has 3 rings (SSSR count). The van der Waals surface area contributed by atoms with Gasteiger partial charge in [-0.05, 0) is 43.7 Å². The average molecular weight is 438 g/mol. The Labute approximate surface area is 179 Å². The summed E-state index contributed by atoms with van der Waals surface area (Å²) in [6, 6.07) is 13.2. The summed E-state index contributed by atoms with van der Waals surface area (Å²) in [6.45, 7) is 4.77. The fourth-order valence-corrected chi connectivity index (χ4v) is 3.99. The summed E-state index contributed by atoms with van der Waals surface area (Å²) < 4.78 is 13.4. The maximum absolute atomic E-state index is 6.10. The summed E-state index contributed by atoms with van der Waals surface area (Å²) in [4.78, 5) is 0. The second-order valence-electron chi connectivity index (χ2n) is 6.06. The van der Waals surface area contributed by atoms with Crippen molar-refractivity contribution >= 4 is 35.0 Å². The van der Waals surface area contributed by atoms with Crippen molar-refractivity contribution in [1.82, 2.24) is 14.8 Å². The summed E-state index contributed by atoms with van der Waals surface area (Å²) >= 11 is 13.7. The highest BCUT2D eigenvalue weighted by Gasteiger charge is 2.19. The lowest BCUT2D eigenvalue weighted by Gasteiger charge is -2.16. The van der Waals surface area contributed by atoms with E-state index in [0.29, 0.717) is 10.0 Å². The molecule has 1 atom stereocenters. The predicted molar refractivity (Wildman–Crippen MR) is 114 cm³/mol. The smallest absolute Gasteiger partial charge is 0.191 e. The van der Waals surface area contributed by atoms with Crippen molar-refractivity contribution in [3.05, 3.63) is 63.9 Å². The Hall–Kier alpha value is -1.89. The van der Waals surface area contributed by atoms with E-state index in [1.54, 1.807) is 24.9 Å². The van der Waals surface area contributed by atoms with Gasteiger partial charge in [0.25, 0.3) is 0 Å². The van der Waals surface area contributed by atoms with Crippen molar-refractivity contribution in [3.8, 4) is 11.5 Å². The number of rotatable bonds is 8. The average Bonchev–Trinajstić information content (AvgIpc) is 3.12. The minimum Gasteiger partial charge on any atom is -0.497 e. The zero-order chi connectivity index (χ0) is 20.1. The normalized spacial score (nSPS) is 12.0. The van der Waals surface area contributed by atoms with Crippen LogP contribution in [0.25, 0.3) is 0 Å². The fourth-order valence-electron chi connectivity index (χ4n) is 2.71. The van der Waals surface area contributed by atoms with Crippen molar-refractivity contribution in [1.29, 1.82) is 0 Å². The monoisotopic (exact) mass is 437 g/mol. The predicted octanol–water partition coefficient (Wildman–Crippen LogP) is 6.05. The van der Waals surface area contributed by atoms with E-state index in [1.807, 2.05) is 43.3 Å². The van der Waals surface area contributed by atoms with Crippen LogP contribution in [-0.4, -0.2) is 21.9 Å². The lowest BCUT2D eigenvalue weighted by molar-refractivity contribution is 0.209. The summed E-state index contributed by atoms with van der Waals surface area (Å²) in [7, 11) is 1.63. The fraction of sp³-hybridized carbons (Fsp3) is 0.300. The Morgan fingerprint density at radius 2 is 1.86 bits per heavy atom. The first-order valence-electron chi connectivity index (χ1n) is 8.82.